The molecule has 0 aliphatic heterocycles. The van der Waals surface area contributed by atoms with Gasteiger partial charge >= 0.3 is 0 Å². The predicted octanol–water partition coefficient (Wildman–Crippen LogP) is 2.62. The molecule has 0 amide bonds. The lowest BCUT2D eigenvalue weighted by atomic mass is 10.3. The number of nitrogens with zero attached hydrogens (tertiary/aromatic N) is 5. The van der Waals surface area contributed by atoms with E-state index in [4.69, 9.17) is 4.74 Å². The molecular weight excluding hydrogens is 476 g/mol. The third-order valence-corrected chi connectivity index (χ3v) is 3.74. The molecule has 1 aromatic carbocycles. The van der Waals surface area contributed by atoms with E-state index >= 15 is 0 Å². The van der Waals surface area contributed by atoms with Gasteiger partial charge in [0.2, 0.25) is 5.88 Å². The number of rotatable bonds is 6. The van der Waals surface area contributed by atoms with Crippen LogP contribution < -0.4 is 15.4 Å². The number of aryl methyl sites for hydroxylation is 1. The fourth-order valence-corrected chi connectivity index (χ4v) is 2.25. The third kappa shape index (κ3) is 6.15. The van der Waals surface area contributed by atoms with Crippen LogP contribution in [-0.4, -0.2) is 32.8 Å². The number of nitrogens with one attached hydrogen (secondary N) is 2. The summed E-state index contributed by atoms with van der Waals surface area (Å²) in [5.41, 5.74) is 0.961. The lowest BCUT2D eigenvalue weighted by Crippen LogP contribution is -2.36. The molecule has 28 heavy (non-hydrogen) atoms. The Bertz CT molecular complexity index is 897. The second-order valence-electron chi connectivity index (χ2n) is 5.64. The second kappa shape index (κ2) is 10.5. The van der Waals surface area contributed by atoms with Gasteiger partial charge in [-0.3, -0.25) is 9.67 Å². The molecule has 0 spiro atoms. The van der Waals surface area contributed by atoms with Crippen LogP contribution >= 0.6 is 24.0 Å². The zero-order chi connectivity index (χ0) is 19.1. The molecule has 3 aromatic rings. The van der Waals surface area contributed by atoms with Crippen molar-refractivity contribution in [2.45, 2.75) is 13.1 Å². The van der Waals surface area contributed by atoms with E-state index in [1.165, 1.54) is 18.5 Å². The number of ether oxygens (including phenoxy) is 1. The first-order chi connectivity index (χ1) is 13.1. The zero-order valence-corrected chi connectivity index (χ0v) is 17.8. The van der Waals surface area contributed by atoms with Crippen LogP contribution in [0.3, 0.4) is 0 Å². The lowest BCUT2D eigenvalue weighted by Gasteiger charge is -2.11. The van der Waals surface area contributed by atoms with Crippen molar-refractivity contribution in [3.05, 3.63) is 66.1 Å². The van der Waals surface area contributed by atoms with Gasteiger partial charge in [0.25, 0.3) is 0 Å². The summed E-state index contributed by atoms with van der Waals surface area (Å²) < 4.78 is 20.2. The van der Waals surface area contributed by atoms with Crippen LogP contribution in [0, 0.1) is 5.82 Å². The van der Waals surface area contributed by atoms with E-state index in [2.05, 4.69) is 30.7 Å². The van der Waals surface area contributed by atoms with Crippen LogP contribution in [-0.2, 0) is 20.1 Å². The van der Waals surface area contributed by atoms with Gasteiger partial charge in [0.05, 0.1) is 6.54 Å². The summed E-state index contributed by atoms with van der Waals surface area (Å²) >= 11 is 0. The lowest BCUT2D eigenvalue weighted by molar-refractivity contribution is 0.461. The summed E-state index contributed by atoms with van der Waals surface area (Å²) in [7, 11) is 3.53. The molecule has 0 bridgehead atoms. The summed E-state index contributed by atoms with van der Waals surface area (Å²) in [5.74, 6) is 2.11. The van der Waals surface area contributed by atoms with E-state index in [9.17, 15) is 4.39 Å². The average Bonchev–Trinajstić information content (AvgIpc) is 3.10. The first-order valence-corrected chi connectivity index (χ1v) is 8.30. The number of halogens is 2. The van der Waals surface area contributed by atoms with Crippen LogP contribution in [0.2, 0.25) is 0 Å². The molecule has 0 atom stereocenters. The van der Waals surface area contributed by atoms with E-state index in [1.54, 1.807) is 36.1 Å². The quantitative estimate of drug-likeness (QED) is 0.309. The summed E-state index contributed by atoms with van der Waals surface area (Å²) in [4.78, 5) is 12.6. The molecular formula is C18H21FIN7O. The van der Waals surface area contributed by atoms with Crippen molar-refractivity contribution < 1.29 is 9.13 Å². The SMILES string of the molecule is CN=C(NCc1ccc(Oc2ccc(F)cc2)nc1)NCc1ncnn1C.I. The van der Waals surface area contributed by atoms with E-state index in [1.807, 2.05) is 13.1 Å². The van der Waals surface area contributed by atoms with E-state index in [0.717, 1.165) is 11.4 Å². The standard InChI is InChI=1S/C18H20FN7O.HI/c1-20-18(23-11-16-24-12-25-26(16)2)22-10-13-3-8-17(21-9-13)27-15-6-4-14(19)5-7-15;/h3-9,12H,10-11H2,1-2H3,(H2,20,22,23);1H. The molecule has 0 saturated carbocycles. The van der Waals surface area contributed by atoms with Gasteiger partial charge in [0.15, 0.2) is 5.96 Å². The van der Waals surface area contributed by atoms with Crippen molar-refractivity contribution in [2.24, 2.45) is 12.0 Å². The van der Waals surface area contributed by atoms with Gasteiger partial charge < -0.3 is 15.4 Å². The molecule has 0 saturated heterocycles. The highest BCUT2D eigenvalue weighted by atomic mass is 127. The van der Waals surface area contributed by atoms with Crippen LogP contribution in [0.1, 0.15) is 11.4 Å². The topological polar surface area (TPSA) is 89.2 Å². The minimum Gasteiger partial charge on any atom is -0.439 e. The molecule has 8 nitrogen and oxygen atoms in total. The van der Waals surface area contributed by atoms with Crippen LogP contribution in [0.25, 0.3) is 0 Å². The molecule has 2 heterocycles. The van der Waals surface area contributed by atoms with Crippen molar-refractivity contribution in [3.63, 3.8) is 0 Å². The number of pyridine rings is 1. The van der Waals surface area contributed by atoms with Crippen molar-refractivity contribution >= 4 is 29.9 Å². The molecule has 148 valence electrons. The number of benzene rings is 1. The van der Waals surface area contributed by atoms with Gasteiger partial charge in [-0.05, 0) is 29.8 Å². The van der Waals surface area contributed by atoms with Gasteiger partial charge in [-0.25, -0.2) is 14.4 Å². The highest BCUT2D eigenvalue weighted by Crippen LogP contribution is 2.19. The Hall–Kier alpha value is -2.76. The number of aromatic nitrogens is 4. The Morgan fingerprint density at radius 1 is 1.11 bits per heavy atom. The van der Waals surface area contributed by atoms with E-state index < -0.39 is 0 Å². The highest BCUT2D eigenvalue weighted by molar-refractivity contribution is 14.0. The second-order valence-corrected chi connectivity index (χ2v) is 5.64. The molecule has 0 unspecified atom stereocenters. The van der Waals surface area contributed by atoms with Crippen LogP contribution in [0.4, 0.5) is 4.39 Å². The van der Waals surface area contributed by atoms with Gasteiger partial charge in [-0.1, -0.05) is 6.07 Å². The van der Waals surface area contributed by atoms with Gasteiger partial charge in [-0.2, -0.15) is 5.10 Å². The number of guanidine groups is 1. The number of hydrogen-bond acceptors (Lipinski definition) is 5. The summed E-state index contributed by atoms with van der Waals surface area (Å²) in [6.07, 6.45) is 3.22. The van der Waals surface area contributed by atoms with Crippen LogP contribution in [0.15, 0.2) is 53.9 Å². The molecule has 0 aliphatic rings. The maximum Gasteiger partial charge on any atom is 0.219 e. The van der Waals surface area contributed by atoms with Gasteiger partial charge in [0.1, 0.15) is 23.7 Å². The fourth-order valence-electron chi connectivity index (χ4n) is 2.25. The molecule has 0 fully saturated rings. The van der Waals surface area contributed by atoms with Crippen molar-refractivity contribution in [1.82, 2.24) is 30.4 Å². The highest BCUT2D eigenvalue weighted by Gasteiger charge is 2.04. The van der Waals surface area contributed by atoms with Crippen molar-refractivity contribution in [2.75, 3.05) is 7.05 Å². The Balaban J connectivity index is 0.00000280. The monoisotopic (exact) mass is 497 g/mol. The van der Waals surface area contributed by atoms with Crippen LogP contribution in [0.5, 0.6) is 11.6 Å². The van der Waals surface area contributed by atoms with E-state index in [0.29, 0.717) is 30.7 Å². The molecule has 0 aliphatic carbocycles. The molecule has 2 N–H and O–H groups in total. The molecule has 10 heteroatoms. The van der Waals surface area contributed by atoms with Crippen molar-refractivity contribution in [3.8, 4) is 11.6 Å². The summed E-state index contributed by atoms with van der Waals surface area (Å²) in [6.45, 7) is 1.06. The minimum atomic E-state index is -0.307. The Morgan fingerprint density at radius 3 is 2.46 bits per heavy atom. The summed E-state index contributed by atoms with van der Waals surface area (Å²) in [5, 5.41) is 10.4. The largest absolute Gasteiger partial charge is 0.439 e. The number of aliphatic imine (C=N–C) groups is 1. The predicted molar refractivity (Wildman–Crippen MR) is 114 cm³/mol. The smallest absolute Gasteiger partial charge is 0.219 e. The maximum atomic E-state index is 12.9. The Morgan fingerprint density at radius 2 is 1.86 bits per heavy atom. The van der Waals surface area contributed by atoms with Crippen molar-refractivity contribution in [1.29, 1.82) is 0 Å². The molecule has 3 rings (SSSR count). The number of hydrogen-bond donors (Lipinski definition) is 2. The fraction of sp³-hybridized carbons (Fsp3) is 0.222. The zero-order valence-electron chi connectivity index (χ0n) is 15.5. The van der Waals surface area contributed by atoms with Gasteiger partial charge in [-0.15, -0.1) is 24.0 Å². The molecule has 2 aromatic heterocycles. The van der Waals surface area contributed by atoms with E-state index in [-0.39, 0.29) is 29.8 Å². The van der Waals surface area contributed by atoms with Gasteiger partial charge in [0, 0.05) is 32.9 Å². The first-order valence-electron chi connectivity index (χ1n) is 8.30. The Labute approximate surface area is 179 Å². The molecule has 0 radical (unpaired) electrons. The minimum absolute atomic E-state index is 0. The Kier molecular flexibility index (Phi) is 8.11. The third-order valence-electron chi connectivity index (χ3n) is 3.74. The first kappa shape index (κ1) is 21.5. The normalized spacial score (nSPS) is 10.9. The average molecular weight is 497 g/mol. The summed E-state index contributed by atoms with van der Waals surface area (Å²) in [6, 6.07) is 9.45. The maximum absolute atomic E-state index is 12.9.